The Hall–Kier alpha value is -2.98. The second-order valence-electron chi connectivity index (χ2n) is 7.45. The summed E-state index contributed by atoms with van der Waals surface area (Å²) in [5.41, 5.74) is 2.10. The molecule has 1 aromatic rings. The first kappa shape index (κ1) is 22.2. The maximum Gasteiger partial charge on any atom is 0.283 e. The van der Waals surface area contributed by atoms with Gasteiger partial charge in [0.05, 0.1) is 25.2 Å². The molecule has 1 fully saturated rings. The number of amidine groups is 2. The first-order chi connectivity index (χ1) is 15.5. The van der Waals surface area contributed by atoms with E-state index in [4.69, 9.17) is 10.1 Å². The molecule has 168 valence electrons. The van der Waals surface area contributed by atoms with Gasteiger partial charge in [-0.3, -0.25) is 15.0 Å². The zero-order chi connectivity index (χ0) is 22.7. The fraction of sp³-hybridized carbons (Fsp3) is 0.409. The molecule has 0 atom stereocenters. The van der Waals surface area contributed by atoms with Gasteiger partial charge in [0.1, 0.15) is 5.04 Å². The largest absolute Gasteiger partial charge is 0.378 e. The van der Waals surface area contributed by atoms with Crippen LogP contribution in [0.25, 0.3) is 6.08 Å². The maximum absolute atomic E-state index is 12.6. The Morgan fingerprint density at radius 3 is 2.56 bits per heavy atom. The van der Waals surface area contributed by atoms with E-state index in [9.17, 15) is 9.59 Å². The number of ether oxygens (including phenoxy) is 1. The minimum Gasteiger partial charge on any atom is -0.378 e. The standard InChI is InChI=1S/C22H26N6O3S/c1-3-26(4-2)16-7-5-15(6-8-16)13-17-20(23)28-22(24-21(17)30)32-18(25-28)14-19(29)27-9-11-31-12-10-27/h5-8,13,23H,3-4,9-12,14H2,1-2H3/b17-13-,23-20?. The minimum atomic E-state index is -0.475. The molecule has 1 N–H and O–H groups in total. The number of fused-ring (bicyclic) bond motifs is 1. The Kier molecular flexibility index (Phi) is 6.71. The molecule has 0 radical (unpaired) electrons. The molecular weight excluding hydrogens is 428 g/mol. The lowest BCUT2D eigenvalue weighted by atomic mass is 10.1. The lowest BCUT2D eigenvalue weighted by Gasteiger charge is -2.26. The molecule has 3 heterocycles. The van der Waals surface area contributed by atoms with E-state index in [2.05, 4.69) is 28.8 Å². The molecule has 1 saturated heterocycles. The minimum absolute atomic E-state index is 0.0332. The maximum atomic E-state index is 12.6. The number of rotatable bonds is 6. The number of amides is 2. The lowest BCUT2D eigenvalue weighted by Crippen LogP contribution is -2.41. The van der Waals surface area contributed by atoms with Crippen LogP contribution in [0.15, 0.2) is 39.9 Å². The number of thioether (sulfide) groups is 1. The van der Waals surface area contributed by atoms with Crippen molar-refractivity contribution in [2.24, 2.45) is 10.1 Å². The van der Waals surface area contributed by atoms with Crippen LogP contribution >= 0.6 is 11.8 Å². The van der Waals surface area contributed by atoms with Crippen LogP contribution in [0, 0.1) is 5.41 Å². The van der Waals surface area contributed by atoms with Crippen molar-refractivity contribution >= 4 is 51.4 Å². The Balaban J connectivity index is 1.49. The van der Waals surface area contributed by atoms with Gasteiger partial charge in [-0.25, -0.2) is 0 Å². The predicted octanol–water partition coefficient (Wildman–Crippen LogP) is 2.40. The summed E-state index contributed by atoms with van der Waals surface area (Å²) in [5, 5.41) is 15.1. The highest BCUT2D eigenvalue weighted by atomic mass is 32.2. The topological polar surface area (TPSA) is 102 Å². The van der Waals surface area contributed by atoms with Crippen LogP contribution in [0.1, 0.15) is 25.8 Å². The van der Waals surface area contributed by atoms with Crippen molar-refractivity contribution in [2.75, 3.05) is 44.3 Å². The first-order valence-electron chi connectivity index (χ1n) is 10.7. The highest BCUT2D eigenvalue weighted by Gasteiger charge is 2.36. The summed E-state index contributed by atoms with van der Waals surface area (Å²) in [6.07, 6.45) is 1.78. The van der Waals surface area contributed by atoms with Crippen molar-refractivity contribution < 1.29 is 14.3 Å². The number of anilines is 1. The monoisotopic (exact) mass is 454 g/mol. The number of aliphatic imine (C=N–C) groups is 1. The zero-order valence-corrected chi connectivity index (χ0v) is 19.0. The Labute approximate surface area is 191 Å². The molecule has 0 spiro atoms. The number of nitrogens with zero attached hydrogens (tertiary/aromatic N) is 5. The van der Waals surface area contributed by atoms with E-state index >= 15 is 0 Å². The fourth-order valence-electron chi connectivity index (χ4n) is 3.69. The fourth-order valence-corrected chi connectivity index (χ4v) is 4.57. The van der Waals surface area contributed by atoms with Gasteiger partial charge in [-0.2, -0.15) is 15.1 Å². The number of carbonyl (C=O) groups is 2. The number of morpholine rings is 1. The van der Waals surface area contributed by atoms with Gasteiger partial charge >= 0.3 is 0 Å². The summed E-state index contributed by atoms with van der Waals surface area (Å²) < 4.78 is 5.28. The van der Waals surface area contributed by atoms with Gasteiger partial charge in [0, 0.05) is 31.9 Å². The van der Waals surface area contributed by atoms with E-state index < -0.39 is 5.91 Å². The quantitative estimate of drug-likeness (QED) is 0.663. The summed E-state index contributed by atoms with van der Waals surface area (Å²) in [4.78, 5) is 33.2. The van der Waals surface area contributed by atoms with E-state index in [1.807, 2.05) is 24.3 Å². The molecule has 0 bridgehead atoms. The van der Waals surface area contributed by atoms with Crippen molar-refractivity contribution in [1.82, 2.24) is 9.91 Å². The lowest BCUT2D eigenvalue weighted by molar-refractivity contribution is -0.133. The summed E-state index contributed by atoms with van der Waals surface area (Å²) >= 11 is 1.17. The van der Waals surface area contributed by atoms with E-state index in [-0.39, 0.29) is 23.7 Å². The number of hydrogen-bond acceptors (Lipinski definition) is 7. The van der Waals surface area contributed by atoms with Crippen LogP contribution in [-0.4, -0.2) is 77.2 Å². The van der Waals surface area contributed by atoms with Crippen molar-refractivity contribution in [2.45, 2.75) is 20.3 Å². The molecule has 10 heteroatoms. The molecule has 0 saturated carbocycles. The SMILES string of the molecule is CCN(CC)c1ccc(/C=C2/C(=N)N3N=C(CC(=O)N4CCOCC4)SC3=NC2=O)cc1. The molecule has 32 heavy (non-hydrogen) atoms. The normalized spacial score (nSPS) is 19.8. The van der Waals surface area contributed by atoms with Gasteiger partial charge in [0.15, 0.2) is 5.84 Å². The van der Waals surface area contributed by atoms with E-state index in [1.54, 1.807) is 11.0 Å². The molecule has 0 aromatic heterocycles. The van der Waals surface area contributed by atoms with Gasteiger partial charge in [-0.15, -0.1) is 0 Å². The Bertz CT molecular complexity index is 1010. The van der Waals surface area contributed by atoms with Crippen molar-refractivity contribution in [3.05, 3.63) is 35.4 Å². The smallest absolute Gasteiger partial charge is 0.283 e. The molecule has 9 nitrogen and oxygen atoms in total. The number of nitrogens with one attached hydrogen (secondary N) is 1. The molecule has 0 unspecified atom stereocenters. The van der Waals surface area contributed by atoms with Crippen LogP contribution in [-0.2, 0) is 14.3 Å². The molecule has 2 amide bonds. The zero-order valence-electron chi connectivity index (χ0n) is 18.2. The summed E-state index contributed by atoms with van der Waals surface area (Å²) in [6, 6.07) is 7.86. The number of hydrogen-bond donors (Lipinski definition) is 1. The van der Waals surface area contributed by atoms with Crippen LogP contribution in [0.3, 0.4) is 0 Å². The Morgan fingerprint density at radius 1 is 1.22 bits per heavy atom. The second kappa shape index (κ2) is 9.66. The van der Waals surface area contributed by atoms with Crippen LogP contribution in [0.4, 0.5) is 5.69 Å². The summed E-state index contributed by atoms with van der Waals surface area (Å²) in [7, 11) is 0. The third-order valence-corrected chi connectivity index (χ3v) is 6.40. The molecule has 1 aromatic carbocycles. The molecule has 3 aliphatic heterocycles. The Morgan fingerprint density at radius 2 is 1.91 bits per heavy atom. The number of benzene rings is 1. The number of hydrazone groups is 1. The van der Waals surface area contributed by atoms with Gasteiger partial charge < -0.3 is 14.5 Å². The molecular formula is C22H26N6O3S. The van der Waals surface area contributed by atoms with Crippen molar-refractivity contribution in [1.29, 1.82) is 5.41 Å². The summed E-state index contributed by atoms with van der Waals surface area (Å²) in [6.45, 7) is 8.24. The van der Waals surface area contributed by atoms with Gasteiger partial charge in [0.2, 0.25) is 11.1 Å². The van der Waals surface area contributed by atoms with Gasteiger partial charge in [-0.1, -0.05) is 12.1 Å². The average Bonchev–Trinajstić information content (AvgIpc) is 3.21. The van der Waals surface area contributed by atoms with Crippen molar-refractivity contribution in [3.8, 4) is 0 Å². The first-order valence-corrected chi connectivity index (χ1v) is 11.5. The summed E-state index contributed by atoms with van der Waals surface area (Å²) in [5.74, 6) is -0.548. The van der Waals surface area contributed by atoms with Gasteiger partial charge in [-0.05, 0) is 49.4 Å². The third kappa shape index (κ3) is 4.61. The molecule has 0 aliphatic carbocycles. The van der Waals surface area contributed by atoms with Crippen LogP contribution < -0.4 is 4.90 Å². The van der Waals surface area contributed by atoms with Gasteiger partial charge in [0.25, 0.3) is 5.91 Å². The average molecular weight is 455 g/mol. The second-order valence-corrected chi connectivity index (χ2v) is 8.49. The molecule has 3 aliphatic rings. The molecule has 4 rings (SSSR count). The highest BCUT2D eigenvalue weighted by Crippen LogP contribution is 2.30. The predicted molar refractivity (Wildman–Crippen MR) is 127 cm³/mol. The van der Waals surface area contributed by atoms with Crippen LogP contribution in [0.5, 0.6) is 0 Å². The highest BCUT2D eigenvalue weighted by molar-refractivity contribution is 8.27. The van der Waals surface area contributed by atoms with E-state index in [1.165, 1.54) is 16.8 Å². The third-order valence-electron chi connectivity index (χ3n) is 5.50. The van der Waals surface area contributed by atoms with E-state index in [0.717, 1.165) is 24.3 Å². The van der Waals surface area contributed by atoms with Crippen molar-refractivity contribution in [3.63, 3.8) is 0 Å². The number of carbonyl (C=O) groups excluding carboxylic acids is 2. The van der Waals surface area contributed by atoms with Crippen LogP contribution in [0.2, 0.25) is 0 Å². The van der Waals surface area contributed by atoms with E-state index in [0.29, 0.717) is 36.5 Å².